The second-order valence-corrected chi connectivity index (χ2v) is 10.6. The van der Waals surface area contributed by atoms with E-state index in [0.717, 1.165) is 10.7 Å². The van der Waals surface area contributed by atoms with Gasteiger partial charge in [0.25, 0.3) is 0 Å². The van der Waals surface area contributed by atoms with Gasteiger partial charge in [-0.15, -0.1) is 0 Å². The number of nitrogens with one attached hydrogen (secondary N) is 2. The number of thiocarbonyl (C=S) groups is 1. The molecule has 1 spiro atoms. The van der Waals surface area contributed by atoms with Crippen molar-refractivity contribution in [2.45, 2.75) is 21.6 Å². The van der Waals surface area contributed by atoms with Crippen LogP contribution in [0.3, 0.4) is 0 Å². The number of thioether (sulfide) groups is 1. The first-order valence-corrected chi connectivity index (χ1v) is 12.9. The number of aromatic nitrogens is 1. The maximum absolute atomic E-state index is 6.30. The highest BCUT2D eigenvalue weighted by Gasteiger charge is 2.59. The lowest BCUT2D eigenvalue weighted by Gasteiger charge is -2.47. The predicted molar refractivity (Wildman–Crippen MR) is 146 cm³/mol. The Bertz CT molecular complexity index is 1540. The molecule has 0 bridgehead atoms. The molecule has 5 aromatic rings. The molecule has 2 N–H and O–H groups in total. The van der Waals surface area contributed by atoms with Crippen molar-refractivity contribution >= 4 is 45.6 Å². The predicted octanol–water partition coefficient (Wildman–Crippen LogP) is 7.84. The van der Waals surface area contributed by atoms with Gasteiger partial charge >= 0.3 is 0 Å². The average molecular weight is 475 g/mol. The van der Waals surface area contributed by atoms with Crippen molar-refractivity contribution < 1.29 is 0 Å². The van der Waals surface area contributed by atoms with E-state index >= 15 is 0 Å². The third-order valence-electron chi connectivity index (χ3n) is 7.34. The van der Waals surface area contributed by atoms with Gasteiger partial charge in [-0.05, 0) is 28.8 Å². The van der Waals surface area contributed by atoms with E-state index < -0.39 is 5.41 Å². The van der Waals surface area contributed by atoms with Crippen LogP contribution >= 0.6 is 24.0 Å². The number of H-pyrrole nitrogens is 1. The molecule has 0 radical (unpaired) electrons. The molecular formula is C30H22N2S2. The van der Waals surface area contributed by atoms with Crippen LogP contribution in [0.15, 0.2) is 114 Å². The zero-order valence-electron chi connectivity index (χ0n) is 18.4. The van der Waals surface area contributed by atoms with Crippen molar-refractivity contribution in [2.24, 2.45) is 0 Å². The van der Waals surface area contributed by atoms with Crippen molar-refractivity contribution in [3.63, 3.8) is 0 Å². The minimum absolute atomic E-state index is 0.0648. The lowest BCUT2D eigenvalue weighted by Crippen LogP contribution is -2.46. The van der Waals surface area contributed by atoms with E-state index in [1.165, 1.54) is 38.2 Å². The van der Waals surface area contributed by atoms with Crippen LogP contribution < -0.4 is 5.32 Å². The van der Waals surface area contributed by atoms with Gasteiger partial charge in [0.2, 0.25) is 0 Å². The van der Waals surface area contributed by atoms with E-state index in [1.807, 2.05) is 11.8 Å². The van der Waals surface area contributed by atoms with E-state index in [-0.39, 0.29) is 11.2 Å². The smallest absolute Gasteiger partial charge is 0.0930 e. The Hall–Kier alpha value is -3.34. The van der Waals surface area contributed by atoms with Crippen molar-refractivity contribution in [1.29, 1.82) is 0 Å². The summed E-state index contributed by atoms with van der Waals surface area (Å²) in [5, 5.41) is 6.26. The standard InChI is InChI=1S/C30H22N2S2/c33-29-30(22-16-8-10-18-24(22)32-29)26(19-11-3-1-4-12-19)25-21-15-7-9-17-23(21)31-28(25)34-27(30)20-13-5-2-6-14-20/h1-18,26-27,31H,(H,32,33)/t26-,27-,30+/m1/s1. The summed E-state index contributed by atoms with van der Waals surface area (Å²) in [6.07, 6.45) is 0. The molecule has 0 aliphatic carbocycles. The van der Waals surface area contributed by atoms with Crippen LogP contribution in [-0.4, -0.2) is 9.97 Å². The number of fused-ring (bicyclic) bond motifs is 5. The highest BCUT2D eigenvalue weighted by molar-refractivity contribution is 7.99. The van der Waals surface area contributed by atoms with E-state index in [2.05, 4.69) is 119 Å². The van der Waals surface area contributed by atoms with E-state index in [9.17, 15) is 0 Å². The molecule has 2 aliphatic rings. The Labute approximate surface area is 208 Å². The Morgan fingerprint density at radius 3 is 2.15 bits per heavy atom. The first-order valence-electron chi connectivity index (χ1n) is 11.6. The van der Waals surface area contributed by atoms with Gasteiger partial charge in [-0.3, -0.25) is 0 Å². The van der Waals surface area contributed by atoms with Gasteiger partial charge in [0.15, 0.2) is 0 Å². The van der Waals surface area contributed by atoms with Crippen LogP contribution in [0.5, 0.6) is 0 Å². The fourth-order valence-electron chi connectivity index (χ4n) is 5.99. The summed E-state index contributed by atoms with van der Waals surface area (Å²) in [7, 11) is 0. The van der Waals surface area contributed by atoms with Gasteiger partial charge in [-0.2, -0.15) is 0 Å². The van der Waals surface area contributed by atoms with Gasteiger partial charge in [0.1, 0.15) is 0 Å². The SMILES string of the molecule is S=C1Nc2ccccc2[C@@]12[C@H](c1ccccc1)c1c([nH]c3ccccc13)S[C@@H]2c1ccccc1. The third kappa shape index (κ3) is 2.67. The summed E-state index contributed by atoms with van der Waals surface area (Å²) in [6.45, 7) is 0. The Balaban J connectivity index is 1.64. The molecule has 34 heavy (non-hydrogen) atoms. The number of benzene rings is 4. The van der Waals surface area contributed by atoms with Gasteiger partial charge in [0, 0.05) is 28.1 Å². The molecule has 3 heterocycles. The number of hydrogen-bond acceptors (Lipinski definition) is 2. The summed E-state index contributed by atoms with van der Waals surface area (Å²) < 4.78 is 0. The number of hydrogen-bond donors (Lipinski definition) is 2. The zero-order chi connectivity index (χ0) is 22.7. The van der Waals surface area contributed by atoms with Gasteiger partial charge in [0.05, 0.1) is 20.7 Å². The van der Waals surface area contributed by atoms with E-state index in [0.29, 0.717) is 0 Å². The molecule has 3 atom stereocenters. The quantitative estimate of drug-likeness (QED) is 0.255. The number of para-hydroxylation sites is 2. The molecule has 7 rings (SSSR count). The van der Waals surface area contributed by atoms with Crippen LogP contribution in [0.2, 0.25) is 0 Å². The molecule has 0 unspecified atom stereocenters. The molecule has 164 valence electrons. The maximum atomic E-state index is 6.30. The fourth-order valence-corrected chi connectivity index (χ4v) is 8.14. The van der Waals surface area contributed by atoms with Crippen LogP contribution in [0.25, 0.3) is 10.9 Å². The Morgan fingerprint density at radius 1 is 0.706 bits per heavy atom. The van der Waals surface area contributed by atoms with Crippen LogP contribution in [0, 0.1) is 0 Å². The highest BCUT2D eigenvalue weighted by atomic mass is 32.2. The molecule has 0 saturated carbocycles. The molecule has 4 aromatic carbocycles. The molecule has 2 nitrogen and oxygen atoms in total. The van der Waals surface area contributed by atoms with Crippen LogP contribution in [-0.2, 0) is 5.41 Å². The Kier molecular flexibility index (Phi) is 4.48. The maximum Gasteiger partial charge on any atom is 0.0930 e. The molecule has 1 aromatic heterocycles. The lowest BCUT2D eigenvalue weighted by molar-refractivity contribution is 0.492. The lowest BCUT2D eigenvalue weighted by atomic mass is 9.62. The van der Waals surface area contributed by atoms with Crippen molar-refractivity contribution in [2.75, 3.05) is 5.32 Å². The van der Waals surface area contributed by atoms with Crippen LogP contribution in [0.1, 0.15) is 33.4 Å². The second kappa shape index (κ2) is 7.59. The topological polar surface area (TPSA) is 27.8 Å². The largest absolute Gasteiger partial charge is 0.349 e. The molecule has 0 saturated heterocycles. The van der Waals surface area contributed by atoms with Crippen LogP contribution in [0.4, 0.5) is 5.69 Å². The first-order chi connectivity index (χ1) is 16.8. The summed E-state index contributed by atoms with van der Waals surface area (Å²) >= 11 is 8.22. The van der Waals surface area contributed by atoms with E-state index in [1.54, 1.807) is 0 Å². The normalized spacial score (nSPS) is 23.0. The van der Waals surface area contributed by atoms with Gasteiger partial charge in [-0.1, -0.05) is 121 Å². The van der Waals surface area contributed by atoms with Gasteiger partial charge in [-0.25, -0.2) is 0 Å². The average Bonchev–Trinajstić information content (AvgIpc) is 3.40. The minimum Gasteiger partial charge on any atom is -0.349 e. The molecule has 4 heteroatoms. The number of aromatic amines is 1. The second-order valence-electron chi connectivity index (χ2n) is 9.03. The molecule has 0 amide bonds. The summed E-state index contributed by atoms with van der Waals surface area (Å²) in [5.41, 5.74) is 7.09. The zero-order valence-corrected chi connectivity index (χ0v) is 20.0. The number of anilines is 1. The summed E-state index contributed by atoms with van der Waals surface area (Å²) in [5.74, 6) is 0.0648. The molecule has 2 aliphatic heterocycles. The fraction of sp³-hybridized carbons (Fsp3) is 0.100. The monoisotopic (exact) mass is 474 g/mol. The number of rotatable bonds is 2. The minimum atomic E-state index is -0.419. The van der Waals surface area contributed by atoms with Crippen molar-refractivity contribution in [1.82, 2.24) is 4.98 Å². The molecular weight excluding hydrogens is 452 g/mol. The van der Waals surface area contributed by atoms with Crippen molar-refractivity contribution in [3.8, 4) is 0 Å². The summed E-state index contributed by atoms with van der Waals surface area (Å²) in [6, 6.07) is 39.1. The summed E-state index contributed by atoms with van der Waals surface area (Å²) in [4.78, 5) is 4.66. The van der Waals surface area contributed by atoms with Gasteiger partial charge < -0.3 is 10.3 Å². The first kappa shape index (κ1) is 20.1. The van der Waals surface area contributed by atoms with E-state index in [4.69, 9.17) is 12.2 Å². The third-order valence-corrected chi connectivity index (χ3v) is 9.21. The Morgan fingerprint density at radius 2 is 1.35 bits per heavy atom. The highest BCUT2D eigenvalue weighted by Crippen LogP contribution is 2.67. The van der Waals surface area contributed by atoms with Crippen molar-refractivity contribution in [3.05, 3.63) is 131 Å². The molecule has 0 fully saturated rings.